The second-order valence-electron chi connectivity index (χ2n) is 5.81. The van der Waals surface area contributed by atoms with Gasteiger partial charge in [0.1, 0.15) is 0 Å². The average molecular weight is 346 g/mol. The number of terminal acetylenes is 1. The zero-order valence-electron chi connectivity index (χ0n) is 14.1. The van der Waals surface area contributed by atoms with Gasteiger partial charge >= 0.3 is 0 Å². The Kier molecular flexibility index (Phi) is 6.32. The van der Waals surface area contributed by atoms with Gasteiger partial charge in [0.2, 0.25) is 5.91 Å². The summed E-state index contributed by atoms with van der Waals surface area (Å²) < 4.78 is 17.6. The van der Waals surface area contributed by atoms with E-state index >= 15 is 0 Å². The SMILES string of the molecule is C#CC[S+]([O-])c1cc(/C(C)=C/C2NNC(=O)CC2C)ccc1OC. The number of carbonyl (C=O) groups excluding carboxylic acids is 1. The van der Waals surface area contributed by atoms with Crippen LogP contribution < -0.4 is 15.6 Å². The van der Waals surface area contributed by atoms with Crippen LogP contribution in [0.1, 0.15) is 25.8 Å². The lowest BCUT2D eigenvalue weighted by Crippen LogP contribution is -2.52. The number of hydrogen-bond donors (Lipinski definition) is 2. The number of carbonyl (C=O) groups is 1. The number of hydrazine groups is 1. The summed E-state index contributed by atoms with van der Waals surface area (Å²) in [6, 6.07) is 5.62. The summed E-state index contributed by atoms with van der Waals surface area (Å²) in [7, 11) is 1.55. The first-order chi connectivity index (χ1) is 11.5. The molecule has 5 nitrogen and oxygen atoms in total. The molecule has 1 fully saturated rings. The fourth-order valence-electron chi connectivity index (χ4n) is 2.60. The molecule has 1 heterocycles. The number of allylic oxidation sites excluding steroid dienone is 1. The van der Waals surface area contributed by atoms with Crippen molar-refractivity contribution < 1.29 is 14.1 Å². The van der Waals surface area contributed by atoms with Crippen molar-refractivity contribution in [3.63, 3.8) is 0 Å². The zero-order chi connectivity index (χ0) is 17.7. The molecule has 0 aliphatic carbocycles. The van der Waals surface area contributed by atoms with Crippen molar-refractivity contribution in [2.24, 2.45) is 5.92 Å². The number of ether oxygens (including phenoxy) is 1. The molecular weight excluding hydrogens is 324 g/mol. The molecule has 2 rings (SSSR count). The number of methoxy groups -OCH3 is 1. The third kappa shape index (κ3) is 4.32. The summed E-state index contributed by atoms with van der Waals surface area (Å²) in [5.41, 5.74) is 7.64. The van der Waals surface area contributed by atoms with E-state index in [1.165, 1.54) is 0 Å². The maximum absolute atomic E-state index is 12.3. The van der Waals surface area contributed by atoms with Gasteiger partial charge in [-0.05, 0) is 30.0 Å². The Bertz CT molecular complexity index is 681. The van der Waals surface area contributed by atoms with E-state index in [2.05, 4.69) is 22.8 Å². The van der Waals surface area contributed by atoms with Crippen molar-refractivity contribution >= 4 is 22.7 Å². The van der Waals surface area contributed by atoms with Crippen LogP contribution in [0.4, 0.5) is 0 Å². The minimum absolute atomic E-state index is 0.00113. The van der Waals surface area contributed by atoms with Crippen LogP contribution in [-0.4, -0.2) is 29.4 Å². The lowest BCUT2D eigenvalue weighted by molar-refractivity contribution is -0.125. The molecule has 2 N–H and O–H groups in total. The van der Waals surface area contributed by atoms with Gasteiger partial charge in [-0.2, -0.15) is 0 Å². The van der Waals surface area contributed by atoms with E-state index in [9.17, 15) is 9.35 Å². The number of hydrogen-bond acceptors (Lipinski definition) is 4. The minimum atomic E-state index is -1.30. The van der Waals surface area contributed by atoms with Crippen LogP contribution in [0.5, 0.6) is 5.75 Å². The molecule has 0 radical (unpaired) electrons. The topological polar surface area (TPSA) is 73.4 Å². The first-order valence-corrected chi connectivity index (χ1v) is 9.01. The van der Waals surface area contributed by atoms with Crippen LogP contribution in [-0.2, 0) is 16.0 Å². The van der Waals surface area contributed by atoms with E-state index in [0.29, 0.717) is 17.1 Å². The Morgan fingerprint density at radius 3 is 2.96 bits per heavy atom. The fourth-order valence-corrected chi connectivity index (χ4v) is 3.54. The Morgan fingerprint density at radius 2 is 2.33 bits per heavy atom. The molecule has 1 aromatic rings. The normalized spacial score (nSPS) is 22.5. The van der Waals surface area contributed by atoms with Crippen molar-refractivity contribution in [3.05, 3.63) is 29.8 Å². The molecule has 0 bridgehead atoms. The van der Waals surface area contributed by atoms with Crippen LogP contribution in [0, 0.1) is 18.3 Å². The van der Waals surface area contributed by atoms with Crippen molar-refractivity contribution in [3.8, 4) is 18.1 Å². The van der Waals surface area contributed by atoms with Crippen molar-refractivity contribution in [1.82, 2.24) is 10.9 Å². The molecule has 0 aromatic heterocycles. The summed E-state index contributed by atoms with van der Waals surface area (Å²) in [4.78, 5) is 12.0. The van der Waals surface area contributed by atoms with Gasteiger partial charge in [-0.15, -0.1) is 6.42 Å². The molecule has 6 heteroatoms. The highest BCUT2D eigenvalue weighted by Gasteiger charge is 2.24. The maximum Gasteiger partial charge on any atom is 0.234 e. The Hall–Kier alpha value is -1.94. The van der Waals surface area contributed by atoms with Crippen LogP contribution in [0.3, 0.4) is 0 Å². The third-order valence-corrected chi connectivity index (χ3v) is 5.25. The van der Waals surface area contributed by atoms with Crippen molar-refractivity contribution in [1.29, 1.82) is 0 Å². The van der Waals surface area contributed by atoms with Gasteiger partial charge in [0, 0.05) is 29.7 Å². The van der Waals surface area contributed by atoms with Gasteiger partial charge in [-0.3, -0.25) is 10.2 Å². The van der Waals surface area contributed by atoms with Gasteiger partial charge in [0.05, 0.1) is 7.11 Å². The monoisotopic (exact) mass is 346 g/mol. The Balaban J connectivity index is 2.27. The van der Waals surface area contributed by atoms with Gasteiger partial charge in [-0.25, -0.2) is 5.43 Å². The van der Waals surface area contributed by atoms with Crippen LogP contribution in [0.2, 0.25) is 0 Å². The average Bonchev–Trinajstić information content (AvgIpc) is 2.57. The molecule has 3 unspecified atom stereocenters. The molecule has 3 atom stereocenters. The largest absolute Gasteiger partial charge is 0.611 e. The van der Waals surface area contributed by atoms with Crippen molar-refractivity contribution in [2.75, 3.05) is 12.9 Å². The minimum Gasteiger partial charge on any atom is -0.611 e. The smallest absolute Gasteiger partial charge is 0.234 e. The van der Waals surface area contributed by atoms with Crippen LogP contribution in [0.25, 0.3) is 5.57 Å². The van der Waals surface area contributed by atoms with E-state index in [0.717, 1.165) is 11.1 Å². The lowest BCUT2D eigenvalue weighted by Gasteiger charge is -2.28. The zero-order valence-corrected chi connectivity index (χ0v) is 14.9. The molecule has 1 amide bonds. The van der Waals surface area contributed by atoms with E-state index < -0.39 is 11.2 Å². The number of benzene rings is 1. The lowest BCUT2D eigenvalue weighted by atomic mass is 9.93. The van der Waals surface area contributed by atoms with Crippen LogP contribution >= 0.6 is 0 Å². The number of amides is 1. The maximum atomic E-state index is 12.3. The molecule has 1 aromatic carbocycles. The summed E-state index contributed by atoms with van der Waals surface area (Å²) >= 11 is -1.30. The quantitative estimate of drug-likeness (QED) is 0.631. The predicted octanol–water partition coefficient (Wildman–Crippen LogP) is 1.87. The van der Waals surface area contributed by atoms with Gasteiger partial charge in [-0.1, -0.05) is 25.0 Å². The highest BCUT2D eigenvalue weighted by Crippen LogP contribution is 2.29. The van der Waals surface area contributed by atoms with E-state index in [4.69, 9.17) is 11.2 Å². The van der Waals surface area contributed by atoms with Gasteiger partial charge < -0.3 is 9.29 Å². The molecule has 24 heavy (non-hydrogen) atoms. The molecule has 128 valence electrons. The van der Waals surface area contributed by atoms with E-state index in [1.54, 1.807) is 13.2 Å². The first kappa shape index (κ1) is 18.4. The van der Waals surface area contributed by atoms with Crippen LogP contribution in [0.15, 0.2) is 29.2 Å². The third-order valence-electron chi connectivity index (χ3n) is 4.01. The molecule has 0 saturated carbocycles. The molecule has 1 aliphatic rings. The second-order valence-corrected chi connectivity index (χ2v) is 7.23. The van der Waals surface area contributed by atoms with E-state index in [1.807, 2.05) is 26.0 Å². The Morgan fingerprint density at radius 1 is 1.58 bits per heavy atom. The summed E-state index contributed by atoms with van der Waals surface area (Å²) in [6.07, 6.45) is 7.83. The van der Waals surface area contributed by atoms with Gasteiger partial charge in [0.15, 0.2) is 16.4 Å². The second kappa shape index (κ2) is 8.25. The summed E-state index contributed by atoms with van der Waals surface area (Å²) in [5, 5.41) is 0. The number of rotatable bonds is 5. The summed E-state index contributed by atoms with van der Waals surface area (Å²) in [5.74, 6) is 3.33. The molecular formula is C18H22N2O3S. The highest BCUT2D eigenvalue weighted by atomic mass is 32.2. The first-order valence-electron chi connectivity index (χ1n) is 7.69. The predicted molar refractivity (Wildman–Crippen MR) is 95.6 cm³/mol. The standard InChI is InChI=1S/C18H22N2O3S/c1-5-8-24(22)17-11-14(6-7-16(17)23-4)12(2)9-15-13(3)10-18(21)20-19-15/h1,6-7,9,11,13,15,19H,8,10H2,2-4H3,(H,20,21)/b12-9+. The fraction of sp³-hybridized carbons (Fsp3) is 0.389. The van der Waals surface area contributed by atoms with E-state index in [-0.39, 0.29) is 23.6 Å². The van der Waals surface area contributed by atoms with Gasteiger partial charge in [0.25, 0.3) is 0 Å². The number of nitrogens with one attached hydrogen (secondary N) is 2. The van der Waals surface area contributed by atoms with Crippen molar-refractivity contribution in [2.45, 2.75) is 31.2 Å². The summed E-state index contributed by atoms with van der Waals surface area (Å²) in [6.45, 7) is 4.02. The molecule has 0 spiro atoms. The Labute approximate surface area is 146 Å². The molecule has 1 saturated heterocycles. The molecule has 1 aliphatic heterocycles. The highest BCUT2D eigenvalue weighted by molar-refractivity contribution is 7.91.